The molecule has 0 saturated carbocycles. The van der Waals surface area contributed by atoms with Crippen molar-refractivity contribution in [1.82, 2.24) is 9.29 Å². The van der Waals surface area contributed by atoms with E-state index in [-0.39, 0.29) is 17.0 Å². The Balaban J connectivity index is 1.70. The highest BCUT2D eigenvalue weighted by Gasteiger charge is 2.18. The molecule has 1 heterocycles. The zero-order valence-corrected chi connectivity index (χ0v) is 15.7. The maximum absolute atomic E-state index is 12.4. The van der Waals surface area contributed by atoms with Gasteiger partial charge in [-0.25, -0.2) is 17.9 Å². The number of hydrogen-bond donors (Lipinski definition) is 2. The van der Waals surface area contributed by atoms with E-state index in [0.29, 0.717) is 5.56 Å². The van der Waals surface area contributed by atoms with Crippen molar-refractivity contribution in [2.24, 2.45) is 7.05 Å². The van der Waals surface area contributed by atoms with E-state index in [2.05, 4.69) is 9.46 Å². The fourth-order valence-corrected chi connectivity index (χ4v) is 3.82. The number of aliphatic hydroxyl groups is 1. The molecule has 0 spiro atoms. The Kier molecular flexibility index (Phi) is 5.31. The van der Waals surface area contributed by atoms with Gasteiger partial charge in [0.25, 0.3) is 0 Å². The van der Waals surface area contributed by atoms with Crippen molar-refractivity contribution in [1.29, 1.82) is 0 Å². The van der Waals surface area contributed by atoms with Crippen LogP contribution in [0.4, 0.5) is 0 Å². The Morgan fingerprint density at radius 3 is 2.56 bits per heavy atom. The van der Waals surface area contributed by atoms with Crippen LogP contribution in [-0.4, -0.2) is 37.7 Å². The van der Waals surface area contributed by atoms with Gasteiger partial charge in [0.1, 0.15) is 0 Å². The lowest BCUT2D eigenvalue weighted by atomic mass is 10.1. The van der Waals surface area contributed by atoms with Crippen molar-refractivity contribution in [3.63, 3.8) is 0 Å². The summed E-state index contributed by atoms with van der Waals surface area (Å²) in [6, 6.07) is 12.8. The predicted octanol–water partition coefficient (Wildman–Crippen LogP) is 1.98. The first kappa shape index (κ1) is 19.1. The highest BCUT2D eigenvalue weighted by molar-refractivity contribution is 7.89. The van der Waals surface area contributed by atoms with Crippen LogP contribution < -0.4 is 4.72 Å². The van der Waals surface area contributed by atoms with Crippen LogP contribution in [0, 0.1) is 0 Å². The van der Waals surface area contributed by atoms with Gasteiger partial charge in [0.15, 0.2) is 0 Å². The number of aliphatic hydroxyl groups excluding tert-OH is 1. The largest absolute Gasteiger partial charge is 0.465 e. The van der Waals surface area contributed by atoms with Gasteiger partial charge in [-0.1, -0.05) is 6.07 Å². The second-order valence-electron chi connectivity index (χ2n) is 6.13. The minimum atomic E-state index is -3.82. The summed E-state index contributed by atoms with van der Waals surface area (Å²) < 4.78 is 33.7. The summed E-state index contributed by atoms with van der Waals surface area (Å²) in [4.78, 5) is 11.4. The number of aryl methyl sites for hydroxylation is 1. The van der Waals surface area contributed by atoms with Crippen molar-refractivity contribution in [2.45, 2.75) is 11.0 Å². The van der Waals surface area contributed by atoms with Gasteiger partial charge in [0.05, 0.1) is 23.7 Å². The molecule has 0 saturated heterocycles. The second kappa shape index (κ2) is 7.51. The molecule has 2 N–H and O–H groups in total. The molecule has 142 valence electrons. The average Bonchev–Trinajstić information content (AvgIpc) is 3.06. The topological polar surface area (TPSA) is 97.6 Å². The molecule has 0 radical (unpaired) electrons. The number of ether oxygens (including phenoxy) is 1. The number of esters is 1. The van der Waals surface area contributed by atoms with Crippen LogP contribution in [-0.2, 0) is 21.8 Å². The Morgan fingerprint density at radius 1 is 1.19 bits per heavy atom. The second-order valence-corrected chi connectivity index (χ2v) is 7.90. The highest BCUT2D eigenvalue weighted by atomic mass is 32.2. The fourth-order valence-electron chi connectivity index (χ4n) is 2.79. The molecular formula is C19H20N2O5S. The standard InChI is InChI=1S/C19H20N2O5S/c1-21-10-9-14-11-15(5-8-17(14)21)18(22)12-20-27(24,25)16-6-3-13(4-7-16)19(23)26-2/h3-11,18,20,22H,12H2,1-2H3/t18-/m1/s1. The fraction of sp³-hybridized carbons (Fsp3) is 0.211. The van der Waals surface area contributed by atoms with E-state index in [1.165, 1.54) is 31.4 Å². The molecule has 0 aliphatic heterocycles. The van der Waals surface area contributed by atoms with Crippen LogP contribution >= 0.6 is 0 Å². The summed E-state index contributed by atoms with van der Waals surface area (Å²) in [7, 11) is -0.636. The Labute approximate surface area is 157 Å². The van der Waals surface area contributed by atoms with E-state index in [0.717, 1.165) is 10.9 Å². The molecule has 1 atom stereocenters. The SMILES string of the molecule is COC(=O)c1ccc(S(=O)(=O)NC[C@@H](O)c2ccc3c(ccn3C)c2)cc1. The third kappa shape index (κ3) is 4.02. The predicted molar refractivity (Wildman–Crippen MR) is 101 cm³/mol. The lowest BCUT2D eigenvalue weighted by Gasteiger charge is -2.13. The molecule has 0 aliphatic rings. The molecule has 2 aromatic carbocycles. The summed E-state index contributed by atoms with van der Waals surface area (Å²) in [5, 5.41) is 11.3. The van der Waals surface area contributed by atoms with Crippen LogP contribution in [0.25, 0.3) is 10.9 Å². The number of aromatic nitrogens is 1. The Hall–Kier alpha value is -2.68. The highest BCUT2D eigenvalue weighted by Crippen LogP contribution is 2.21. The Morgan fingerprint density at radius 2 is 1.89 bits per heavy atom. The molecule has 8 heteroatoms. The monoisotopic (exact) mass is 388 g/mol. The summed E-state index contributed by atoms with van der Waals surface area (Å²) in [6.45, 7) is -0.167. The first-order valence-electron chi connectivity index (χ1n) is 8.23. The molecule has 27 heavy (non-hydrogen) atoms. The maximum atomic E-state index is 12.4. The number of fused-ring (bicyclic) bond motifs is 1. The third-order valence-corrected chi connectivity index (χ3v) is 5.79. The summed E-state index contributed by atoms with van der Waals surface area (Å²) in [5.41, 5.74) is 1.90. The number of methoxy groups -OCH3 is 1. The smallest absolute Gasteiger partial charge is 0.337 e. The molecule has 3 aromatic rings. The number of nitrogens with zero attached hydrogens (tertiary/aromatic N) is 1. The van der Waals surface area contributed by atoms with Gasteiger partial charge >= 0.3 is 5.97 Å². The number of rotatable bonds is 6. The van der Waals surface area contributed by atoms with Gasteiger partial charge in [0.2, 0.25) is 10.0 Å². The van der Waals surface area contributed by atoms with Crippen LogP contribution in [0.1, 0.15) is 22.0 Å². The van der Waals surface area contributed by atoms with E-state index in [9.17, 15) is 18.3 Å². The summed E-state index contributed by atoms with van der Waals surface area (Å²) >= 11 is 0. The van der Waals surface area contributed by atoms with Crippen molar-refractivity contribution >= 4 is 26.9 Å². The number of carbonyl (C=O) groups is 1. The van der Waals surface area contributed by atoms with Crippen LogP contribution in [0.2, 0.25) is 0 Å². The van der Waals surface area contributed by atoms with Crippen molar-refractivity contribution in [3.05, 3.63) is 65.9 Å². The van der Waals surface area contributed by atoms with E-state index in [1.807, 2.05) is 36.0 Å². The molecule has 0 amide bonds. The van der Waals surface area contributed by atoms with Crippen LogP contribution in [0.5, 0.6) is 0 Å². The minimum Gasteiger partial charge on any atom is -0.465 e. The first-order valence-corrected chi connectivity index (χ1v) is 9.71. The van der Waals surface area contributed by atoms with E-state index in [4.69, 9.17) is 0 Å². The maximum Gasteiger partial charge on any atom is 0.337 e. The third-order valence-electron chi connectivity index (χ3n) is 4.35. The van der Waals surface area contributed by atoms with Gasteiger partial charge in [-0.3, -0.25) is 0 Å². The van der Waals surface area contributed by atoms with Gasteiger partial charge in [-0.2, -0.15) is 0 Å². The number of nitrogens with one attached hydrogen (secondary N) is 1. The van der Waals surface area contributed by atoms with E-state index < -0.39 is 22.1 Å². The van der Waals surface area contributed by atoms with Crippen molar-refractivity contribution in [3.8, 4) is 0 Å². The lowest BCUT2D eigenvalue weighted by Crippen LogP contribution is -2.28. The molecule has 7 nitrogen and oxygen atoms in total. The zero-order chi connectivity index (χ0) is 19.6. The lowest BCUT2D eigenvalue weighted by molar-refractivity contribution is 0.0600. The van der Waals surface area contributed by atoms with Gasteiger partial charge in [-0.15, -0.1) is 0 Å². The molecule has 0 fully saturated rings. The normalized spacial score (nSPS) is 12.9. The number of hydrogen-bond acceptors (Lipinski definition) is 5. The first-order chi connectivity index (χ1) is 12.8. The number of carbonyl (C=O) groups excluding carboxylic acids is 1. The van der Waals surface area contributed by atoms with E-state index in [1.54, 1.807) is 6.07 Å². The average molecular weight is 388 g/mol. The van der Waals surface area contributed by atoms with Gasteiger partial charge in [-0.05, 0) is 53.4 Å². The Bertz CT molecular complexity index is 1070. The molecule has 0 unspecified atom stereocenters. The quantitative estimate of drug-likeness (QED) is 0.629. The zero-order valence-electron chi connectivity index (χ0n) is 14.9. The number of benzene rings is 2. The van der Waals surface area contributed by atoms with Gasteiger partial charge in [0, 0.05) is 25.3 Å². The van der Waals surface area contributed by atoms with Crippen LogP contribution in [0.3, 0.4) is 0 Å². The molecule has 1 aromatic heterocycles. The molecule has 3 rings (SSSR count). The molecule has 0 aliphatic carbocycles. The minimum absolute atomic E-state index is 0.000800. The van der Waals surface area contributed by atoms with Crippen molar-refractivity contribution < 1.29 is 23.1 Å². The van der Waals surface area contributed by atoms with Gasteiger partial charge < -0.3 is 14.4 Å². The van der Waals surface area contributed by atoms with Crippen LogP contribution in [0.15, 0.2) is 59.6 Å². The summed E-state index contributed by atoms with van der Waals surface area (Å²) in [6.07, 6.45) is 0.931. The summed E-state index contributed by atoms with van der Waals surface area (Å²) in [5.74, 6) is -0.543. The molecule has 0 bridgehead atoms. The van der Waals surface area contributed by atoms with E-state index >= 15 is 0 Å². The van der Waals surface area contributed by atoms with Crippen molar-refractivity contribution in [2.75, 3.05) is 13.7 Å². The molecular weight excluding hydrogens is 368 g/mol. The number of sulfonamides is 1.